The van der Waals surface area contributed by atoms with Crippen LogP contribution in [0.2, 0.25) is 0 Å². The largest absolute Gasteiger partial charge is 0.462 e. The Morgan fingerprint density at radius 2 is 1.77 bits per heavy atom. The molecule has 0 amide bonds. The van der Waals surface area contributed by atoms with Crippen LogP contribution in [0.4, 0.5) is 0 Å². The molecular weight excluding hydrogens is 376 g/mol. The Hall–Kier alpha value is -3.21. The van der Waals surface area contributed by atoms with E-state index in [-0.39, 0.29) is 12.6 Å². The molecule has 0 aromatic heterocycles. The van der Waals surface area contributed by atoms with Gasteiger partial charge in [0, 0.05) is 12.0 Å². The molecule has 0 heterocycles. The molecule has 1 unspecified atom stereocenters. The van der Waals surface area contributed by atoms with Crippen molar-refractivity contribution in [3.05, 3.63) is 107 Å². The van der Waals surface area contributed by atoms with Gasteiger partial charge in [-0.1, -0.05) is 66.8 Å². The highest BCUT2D eigenvalue weighted by Crippen LogP contribution is 2.24. The molecule has 1 atom stereocenters. The predicted octanol–water partition coefficient (Wildman–Crippen LogP) is 5.09. The maximum absolute atomic E-state index is 12.4. The van der Waals surface area contributed by atoms with Gasteiger partial charge in [0.15, 0.2) is 6.29 Å². The summed E-state index contributed by atoms with van der Waals surface area (Å²) in [6, 6.07) is 13.7. The summed E-state index contributed by atoms with van der Waals surface area (Å²) in [4.78, 5) is 12.4. The van der Waals surface area contributed by atoms with Crippen LogP contribution in [0, 0.1) is 0 Å². The van der Waals surface area contributed by atoms with Crippen LogP contribution in [-0.2, 0) is 14.3 Å². The average molecular weight is 400 g/mol. The molecule has 2 bridgehead atoms. The van der Waals surface area contributed by atoms with E-state index >= 15 is 0 Å². The Labute approximate surface area is 176 Å². The molecule has 1 N–H and O–H groups in total. The lowest BCUT2D eigenvalue weighted by Gasteiger charge is -2.13. The van der Waals surface area contributed by atoms with Gasteiger partial charge in [-0.05, 0) is 46.6 Å². The summed E-state index contributed by atoms with van der Waals surface area (Å²) < 4.78 is 10.9. The van der Waals surface area contributed by atoms with E-state index in [1.165, 1.54) is 0 Å². The number of rotatable bonds is 7. The zero-order chi connectivity index (χ0) is 20.8. The second-order valence-corrected chi connectivity index (χ2v) is 7.30. The highest BCUT2D eigenvalue weighted by molar-refractivity contribution is 5.92. The number of carbonyl (C=O) groups excluding carboxylic acids is 1. The third-order valence-electron chi connectivity index (χ3n) is 5.05. The van der Waals surface area contributed by atoms with Crippen LogP contribution in [0.15, 0.2) is 102 Å². The van der Waals surface area contributed by atoms with Gasteiger partial charge in [-0.15, -0.1) is 0 Å². The fourth-order valence-electron chi connectivity index (χ4n) is 3.46. The van der Waals surface area contributed by atoms with Gasteiger partial charge in [0.1, 0.15) is 0 Å². The Kier molecular flexibility index (Phi) is 6.38. The van der Waals surface area contributed by atoms with Gasteiger partial charge in [-0.25, -0.2) is 4.79 Å². The summed E-state index contributed by atoms with van der Waals surface area (Å²) in [5.74, 6) is -0.349. The minimum atomic E-state index is -1.01. The van der Waals surface area contributed by atoms with E-state index in [2.05, 4.69) is 0 Å². The molecule has 0 saturated heterocycles. The van der Waals surface area contributed by atoms with Gasteiger partial charge in [-0.3, -0.25) is 0 Å². The van der Waals surface area contributed by atoms with E-state index in [0.717, 1.165) is 28.3 Å². The maximum atomic E-state index is 12.4. The number of ether oxygens (including phenoxy) is 2. The predicted molar refractivity (Wildman–Crippen MR) is 118 cm³/mol. The smallest absolute Gasteiger partial charge is 0.338 e. The first-order valence-electron chi connectivity index (χ1n) is 10.1. The number of hydrogen-bond acceptors (Lipinski definition) is 4. The first-order valence-corrected chi connectivity index (χ1v) is 10.1. The summed E-state index contributed by atoms with van der Waals surface area (Å²) in [7, 11) is 0. The number of allylic oxidation sites excluding steroid dienone is 8. The Morgan fingerprint density at radius 3 is 2.63 bits per heavy atom. The van der Waals surface area contributed by atoms with E-state index in [9.17, 15) is 9.90 Å². The maximum Gasteiger partial charge on any atom is 0.338 e. The summed E-state index contributed by atoms with van der Waals surface area (Å²) in [5.41, 5.74) is 3.48. The van der Waals surface area contributed by atoms with Crippen molar-refractivity contribution in [3.8, 4) is 0 Å². The third kappa shape index (κ3) is 5.03. The SMILES string of the molecule is O=C(OCCCOC(O)c1ccc2ccccc2c1)C1=CC2=CC=CC=C(C=C1)C2. The zero-order valence-electron chi connectivity index (χ0n) is 16.7. The standard InChI is InChI=1S/C26H24O4/c27-25(23-11-10-19-6-1-2-7-20(16-19)17-23)29-14-5-15-30-26(28)24-13-12-21-8-3-4-9-22(21)18-24/h1-4,6-13,17-18,26,28H,5,14-16H2. The van der Waals surface area contributed by atoms with Crippen molar-refractivity contribution in [2.24, 2.45) is 0 Å². The molecule has 2 aliphatic carbocycles. The highest BCUT2D eigenvalue weighted by atomic mass is 16.6. The summed E-state index contributed by atoms with van der Waals surface area (Å²) in [6.07, 6.45) is 13.9. The molecule has 0 saturated carbocycles. The Morgan fingerprint density at radius 1 is 0.967 bits per heavy atom. The first-order chi connectivity index (χ1) is 14.7. The molecule has 2 aromatic rings. The number of esters is 1. The Balaban J connectivity index is 1.24. The molecule has 0 radical (unpaired) electrons. The van der Waals surface area contributed by atoms with Crippen molar-refractivity contribution < 1.29 is 19.4 Å². The minimum Gasteiger partial charge on any atom is -0.462 e. The van der Waals surface area contributed by atoms with Crippen molar-refractivity contribution in [2.45, 2.75) is 19.1 Å². The summed E-state index contributed by atoms with van der Waals surface area (Å²) >= 11 is 0. The van der Waals surface area contributed by atoms with E-state index in [4.69, 9.17) is 9.47 Å². The third-order valence-corrected chi connectivity index (χ3v) is 5.05. The quantitative estimate of drug-likeness (QED) is 0.400. The molecule has 2 aliphatic rings. The van der Waals surface area contributed by atoms with Gasteiger partial charge in [0.05, 0.1) is 18.8 Å². The van der Waals surface area contributed by atoms with Crippen LogP contribution < -0.4 is 0 Å². The fourth-order valence-corrected chi connectivity index (χ4v) is 3.46. The van der Waals surface area contributed by atoms with Crippen LogP contribution in [0.1, 0.15) is 24.7 Å². The molecule has 0 spiro atoms. The summed E-state index contributed by atoms with van der Waals surface area (Å²) in [5, 5.41) is 12.4. The van der Waals surface area contributed by atoms with E-state index < -0.39 is 6.29 Å². The molecule has 152 valence electrons. The molecule has 4 nitrogen and oxygen atoms in total. The minimum absolute atomic E-state index is 0.232. The van der Waals surface area contributed by atoms with Crippen LogP contribution >= 0.6 is 0 Å². The van der Waals surface area contributed by atoms with Crippen molar-refractivity contribution in [1.29, 1.82) is 0 Å². The highest BCUT2D eigenvalue weighted by Gasteiger charge is 2.14. The number of carbonyl (C=O) groups is 1. The fraction of sp³-hybridized carbons (Fsp3) is 0.192. The molecule has 4 heteroatoms. The molecule has 30 heavy (non-hydrogen) atoms. The lowest BCUT2D eigenvalue weighted by Crippen LogP contribution is -2.11. The van der Waals surface area contributed by atoms with Crippen molar-refractivity contribution >= 4 is 16.7 Å². The van der Waals surface area contributed by atoms with Crippen LogP contribution in [0.5, 0.6) is 0 Å². The van der Waals surface area contributed by atoms with Crippen molar-refractivity contribution in [1.82, 2.24) is 0 Å². The topological polar surface area (TPSA) is 55.8 Å². The first kappa shape index (κ1) is 20.1. The van der Waals surface area contributed by atoms with Gasteiger partial charge in [-0.2, -0.15) is 0 Å². The van der Waals surface area contributed by atoms with Gasteiger partial charge in [0.2, 0.25) is 0 Å². The number of fused-ring (bicyclic) bond motifs is 3. The average Bonchev–Trinajstić information content (AvgIpc) is 3.13. The lowest BCUT2D eigenvalue weighted by molar-refractivity contribution is -0.140. The van der Waals surface area contributed by atoms with Crippen LogP contribution in [0.25, 0.3) is 10.8 Å². The second kappa shape index (κ2) is 9.53. The molecule has 0 fully saturated rings. The molecular formula is C26H24O4. The molecule has 4 rings (SSSR count). The molecule has 2 aromatic carbocycles. The zero-order valence-corrected chi connectivity index (χ0v) is 16.7. The molecule has 0 aliphatic heterocycles. The van der Waals surface area contributed by atoms with Crippen molar-refractivity contribution in [3.63, 3.8) is 0 Å². The van der Waals surface area contributed by atoms with Crippen molar-refractivity contribution in [2.75, 3.05) is 13.2 Å². The number of benzene rings is 2. The number of aliphatic hydroxyl groups is 1. The second-order valence-electron chi connectivity index (χ2n) is 7.30. The Bertz CT molecular complexity index is 1090. The monoisotopic (exact) mass is 400 g/mol. The number of hydrogen-bond donors (Lipinski definition) is 1. The van der Waals surface area contributed by atoms with E-state index in [0.29, 0.717) is 24.2 Å². The lowest BCUT2D eigenvalue weighted by atomic mass is 10.1. The number of aliphatic hydroxyl groups excluding tert-OH is 1. The normalized spacial score (nSPS) is 16.2. The van der Waals surface area contributed by atoms with E-state index in [1.807, 2.05) is 78.9 Å². The van der Waals surface area contributed by atoms with Gasteiger partial charge in [0.25, 0.3) is 0 Å². The summed E-state index contributed by atoms with van der Waals surface area (Å²) in [6.45, 7) is 0.523. The van der Waals surface area contributed by atoms with Gasteiger partial charge >= 0.3 is 5.97 Å². The van der Waals surface area contributed by atoms with Crippen LogP contribution in [-0.4, -0.2) is 24.3 Å². The van der Waals surface area contributed by atoms with Gasteiger partial charge < -0.3 is 14.6 Å². The van der Waals surface area contributed by atoms with Crippen LogP contribution in [0.3, 0.4) is 0 Å². The van der Waals surface area contributed by atoms with E-state index in [1.54, 1.807) is 6.08 Å².